The zero-order valence-electron chi connectivity index (χ0n) is 20.8. The number of hydrogen-bond donors (Lipinski definition) is 2. The third-order valence-electron chi connectivity index (χ3n) is 5.97. The average molecular weight is 481 g/mol. The summed E-state index contributed by atoms with van der Waals surface area (Å²) in [5.74, 6) is 1.47. The first-order chi connectivity index (χ1) is 17.4. The molecule has 4 rings (SSSR count). The predicted octanol–water partition coefficient (Wildman–Crippen LogP) is 6.14. The minimum atomic E-state index is -0.210. The first-order valence-electron chi connectivity index (χ1n) is 11.8. The number of pyridine rings is 1. The van der Waals surface area contributed by atoms with Crippen molar-refractivity contribution in [2.45, 2.75) is 46.6 Å². The molecule has 0 aliphatic carbocycles. The lowest BCUT2D eigenvalue weighted by molar-refractivity contribution is -0.116. The van der Waals surface area contributed by atoms with Gasteiger partial charge in [0.1, 0.15) is 0 Å². The zero-order valence-corrected chi connectivity index (χ0v) is 20.8. The fourth-order valence-corrected chi connectivity index (χ4v) is 4.06. The summed E-state index contributed by atoms with van der Waals surface area (Å²) in [7, 11) is 0. The van der Waals surface area contributed by atoms with E-state index < -0.39 is 0 Å². The molecule has 8 nitrogen and oxygen atoms in total. The highest BCUT2D eigenvalue weighted by Gasteiger charge is 2.17. The lowest BCUT2D eigenvalue weighted by atomic mass is 9.93. The van der Waals surface area contributed by atoms with Gasteiger partial charge in [0.25, 0.3) is 5.89 Å². The molecule has 182 valence electrons. The molecule has 0 radical (unpaired) electrons. The van der Waals surface area contributed by atoms with Crippen LogP contribution in [0.25, 0.3) is 22.6 Å². The standard InChI is InChI=1S/C28H28N6O2/c1-17-7-5-8-23(28-32-20(4)34-36-28)25(17)22-12-10-21(11-13-22)19(3)31-27-26(18(2)14-16-30-27)33-24(35)9-6-15-29/h5,7-8,10-14,16,19H,6,9H2,1-4H3,(H,30,31)(H,33,35). The Morgan fingerprint density at radius 1 is 1.08 bits per heavy atom. The molecule has 1 atom stereocenters. The number of aryl methyl sites for hydroxylation is 3. The van der Waals surface area contributed by atoms with Crippen LogP contribution in [0.5, 0.6) is 0 Å². The fourth-order valence-electron chi connectivity index (χ4n) is 4.06. The van der Waals surface area contributed by atoms with E-state index in [1.54, 1.807) is 13.1 Å². The van der Waals surface area contributed by atoms with Gasteiger partial charge in [0.05, 0.1) is 17.8 Å². The molecule has 0 aliphatic heterocycles. The van der Waals surface area contributed by atoms with Gasteiger partial charge in [-0.2, -0.15) is 10.2 Å². The maximum absolute atomic E-state index is 12.2. The minimum absolute atomic E-state index is 0.0713. The fraction of sp³-hybridized carbons (Fsp3) is 0.250. The molecule has 0 saturated heterocycles. The van der Waals surface area contributed by atoms with Gasteiger partial charge >= 0.3 is 0 Å². The summed E-state index contributed by atoms with van der Waals surface area (Å²) in [6.07, 6.45) is 2.02. The summed E-state index contributed by atoms with van der Waals surface area (Å²) in [6.45, 7) is 7.82. The summed E-state index contributed by atoms with van der Waals surface area (Å²) >= 11 is 0. The van der Waals surface area contributed by atoms with E-state index in [0.717, 1.165) is 33.4 Å². The van der Waals surface area contributed by atoms with E-state index in [9.17, 15) is 4.79 Å². The molecule has 4 aromatic rings. The summed E-state index contributed by atoms with van der Waals surface area (Å²) in [4.78, 5) is 21.1. The van der Waals surface area contributed by atoms with Gasteiger partial charge in [-0.15, -0.1) is 0 Å². The van der Waals surface area contributed by atoms with E-state index in [1.165, 1.54) is 0 Å². The van der Waals surface area contributed by atoms with Crippen LogP contribution in [-0.4, -0.2) is 21.0 Å². The highest BCUT2D eigenvalue weighted by Crippen LogP contribution is 2.35. The number of carbonyl (C=O) groups is 1. The third kappa shape index (κ3) is 5.41. The van der Waals surface area contributed by atoms with E-state index in [4.69, 9.17) is 9.78 Å². The van der Waals surface area contributed by atoms with Gasteiger partial charge in [-0.1, -0.05) is 41.6 Å². The summed E-state index contributed by atoms with van der Waals surface area (Å²) < 4.78 is 5.44. The molecule has 2 heterocycles. The Kier molecular flexibility index (Phi) is 7.40. The number of anilines is 2. The third-order valence-corrected chi connectivity index (χ3v) is 5.97. The quantitative estimate of drug-likeness (QED) is 0.311. The Morgan fingerprint density at radius 3 is 2.56 bits per heavy atom. The SMILES string of the molecule is Cc1noc(-c2cccc(C)c2-c2ccc(C(C)Nc3nccc(C)c3NC(=O)CCC#N)cc2)n1. The van der Waals surface area contributed by atoms with Crippen LogP contribution in [0.4, 0.5) is 11.5 Å². The Bertz CT molecular complexity index is 1420. The highest BCUT2D eigenvalue weighted by molar-refractivity contribution is 5.94. The molecule has 2 aromatic carbocycles. The largest absolute Gasteiger partial charge is 0.362 e. The molecular formula is C28H28N6O2. The van der Waals surface area contributed by atoms with Crippen molar-refractivity contribution in [2.24, 2.45) is 0 Å². The smallest absolute Gasteiger partial charge is 0.258 e. The molecule has 2 aromatic heterocycles. The second-order valence-corrected chi connectivity index (χ2v) is 8.69. The normalized spacial score (nSPS) is 11.5. The zero-order chi connectivity index (χ0) is 25.7. The topological polar surface area (TPSA) is 117 Å². The van der Waals surface area contributed by atoms with Crippen molar-refractivity contribution in [3.8, 4) is 28.7 Å². The Hall–Kier alpha value is -4.51. The number of nitrogens with zero attached hydrogens (tertiary/aromatic N) is 4. The highest BCUT2D eigenvalue weighted by atomic mass is 16.5. The van der Waals surface area contributed by atoms with Crippen LogP contribution >= 0.6 is 0 Å². The number of aromatic nitrogens is 3. The van der Waals surface area contributed by atoms with E-state index in [-0.39, 0.29) is 24.8 Å². The monoisotopic (exact) mass is 480 g/mol. The van der Waals surface area contributed by atoms with E-state index in [2.05, 4.69) is 63.0 Å². The molecule has 0 bridgehead atoms. The number of nitrogens with one attached hydrogen (secondary N) is 2. The maximum Gasteiger partial charge on any atom is 0.258 e. The number of carbonyl (C=O) groups excluding carboxylic acids is 1. The lowest BCUT2D eigenvalue weighted by Crippen LogP contribution is -2.16. The molecule has 8 heteroatoms. The Morgan fingerprint density at radius 2 is 1.86 bits per heavy atom. The maximum atomic E-state index is 12.2. The minimum Gasteiger partial charge on any atom is -0.362 e. The summed E-state index contributed by atoms with van der Waals surface area (Å²) in [5, 5.41) is 19.0. The molecule has 0 saturated carbocycles. The van der Waals surface area contributed by atoms with Crippen molar-refractivity contribution in [3.05, 3.63) is 77.2 Å². The van der Waals surface area contributed by atoms with Crippen LogP contribution in [0, 0.1) is 32.1 Å². The number of hydrogen-bond acceptors (Lipinski definition) is 7. The Balaban J connectivity index is 1.57. The van der Waals surface area contributed by atoms with Crippen LogP contribution in [-0.2, 0) is 4.79 Å². The molecule has 2 N–H and O–H groups in total. The van der Waals surface area contributed by atoms with E-state index >= 15 is 0 Å². The van der Waals surface area contributed by atoms with Crippen molar-refractivity contribution in [1.29, 1.82) is 5.26 Å². The van der Waals surface area contributed by atoms with Crippen molar-refractivity contribution >= 4 is 17.4 Å². The van der Waals surface area contributed by atoms with Gasteiger partial charge < -0.3 is 15.2 Å². The van der Waals surface area contributed by atoms with Gasteiger partial charge in [-0.3, -0.25) is 4.79 Å². The van der Waals surface area contributed by atoms with Crippen molar-refractivity contribution in [3.63, 3.8) is 0 Å². The number of benzene rings is 2. The molecule has 0 aliphatic rings. The van der Waals surface area contributed by atoms with E-state index in [1.807, 2.05) is 38.1 Å². The summed E-state index contributed by atoms with van der Waals surface area (Å²) in [5.41, 5.74) is 6.70. The van der Waals surface area contributed by atoms with Gasteiger partial charge in [0.2, 0.25) is 5.91 Å². The van der Waals surface area contributed by atoms with Crippen LogP contribution in [0.3, 0.4) is 0 Å². The molecule has 1 unspecified atom stereocenters. The molecule has 1 amide bonds. The van der Waals surface area contributed by atoms with Crippen molar-refractivity contribution < 1.29 is 9.32 Å². The molecule has 36 heavy (non-hydrogen) atoms. The van der Waals surface area contributed by atoms with Crippen molar-refractivity contribution in [2.75, 3.05) is 10.6 Å². The van der Waals surface area contributed by atoms with Crippen LogP contribution in [0.15, 0.2) is 59.3 Å². The number of nitriles is 1. The summed E-state index contributed by atoms with van der Waals surface area (Å²) in [6, 6.07) is 18.1. The number of amides is 1. The van der Waals surface area contributed by atoms with Gasteiger partial charge in [-0.25, -0.2) is 4.98 Å². The van der Waals surface area contributed by atoms with Crippen LogP contribution in [0.1, 0.15) is 48.3 Å². The second-order valence-electron chi connectivity index (χ2n) is 8.69. The molecule has 0 spiro atoms. The van der Waals surface area contributed by atoms with E-state index in [0.29, 0.717) is 23.2 Å². The Labute approximate surface area is 210 Å². The van der Waals surface area contributed by atoms with Gasteiger partial charge in [0, 0.05) is 24.6 Å². The first kappa shape index (κ1) is 24.6. The number of rotatable bonds is 8. The van der Waals surface area contributed by atoms with Crippen LogP contribution < -0.4 is 10.6 Å². The average Bonchev–Trinajstić information content (AvgIpc) is 3.31. The second kappa shape index (κ2) is 10.8. The molecule has 0 fully saturated rings. The van der Waals surface area contributed by atoms with Gasteiger partial charge in [-0.05, 0) is 67.6 Å². The lowest BCUT2D eigenvalue weighted by Gasteiger charge is -2.20. The first-order valence-corrected chi connectivity index (χ1v) is 11.8. The van der Waals surface area contributed by atoms with Crippen LogP contribution in [0.2, 0.25) is 0 Å². The van der Waals surface area contributed by atoms with Gasteiger partial charge in [0.15, 0.2) is 11.6 Å². The molecular weight excluding hydrogens is 452 g/mol. The van der Waals surface area contributed by atoms with Crippen molar-refractivity contribution in [1.82, 2.24) is 15.1 Å². The predicted molar refractivity (Wildman–Crippen MR) is 139 cm³/mol.